The smallest absolute Gasteiger partial charge is 0.244 e. The Balaban J connectivity index is 3.06. The molecule has 20 heavy (non-hydrogen) atoms. The Hall–Kier alpha value is -1.35. The maximum atomic E-state index is 12.3. The lowest BCUT2D eigenvalue weighted by Crippen LogP contribution is -2.38. The van der Waals surface area contributed by atoms with E-state index in [9.17, 15) is 8.42 Å². The Morgan fingerprint density at radius 1 is 1.40 bits per heavy atom. The van der Waals surface area contributed by atoms with Crippen molar-refractivity contribution in [3.8, 4) is 5.75 Å². The normalized spacial score (nSPS) is 13.2. The van der Waals surface area contributed by atoms with Gasteiger partial charge in [0, 0.05) is 25.4 Å². The van der Waals surface area contributed by atoms with Crippen LogP contribution in [0.2, 0.25) is 0 Å². The first-order valence-electron chi connectivity index (χ1n) is 6.00. The maximum absolute atomic E-state index is 12.3. The van der Waals surface area contributed by atoms with Crippen molar-refractivity contribution in [1.29, 1.82) is 0 Å². The van der Waals surface area contributed by atoms with E-state index in [1.807, 2.05) is 0 Å². The SMILES string of the molecule is COCC(CCO)NS(=O)(=O)c1cc(N)ccc1OC. The van der Waals surface area contributed by atoms with Crippen molar-refractivity contribution in [3.63, 3.8) is 0 Å². The van der Waals surface area contributed by atoms with E-state index in [0.717, 1.165) is 0 Å². The van der Waals surface area contributed by atoms with Gasteiger partial charge in [-0.05, 0) is 24.6 Å². The molecular weight excluding hydrogens is 284 g/mol. The summed E-state index contributed by atoms with van der Waals surface area (Å²) in [5.41, 5.74) is 5.93. The van der Waals surface area contributed by atoms with Gasteiger partial charge < -0.3 is 20.3 Å². The molecule has 1 unspecified atom stereocenters. The molecule has 0 spiro atoms. The van der Waals surface area contributed by atoms with Crippen LogP contribution >= 0.6 is 0 Å². The second-order valence-corrected chi connectivity index (χ2v) is 5.88. The van der Waals surface area contributed by atoms with Gasteiger partial charge >= 0.3 is 0 Å². The second kappa shape index (κ2) is 7.44. The van der Waals surface area contributed by atoms with Gasteiger partial charge in [-0.15, -0.1) is 0 Å². The van der Waals surface area contributed by atoms with Gasteiger partial charge in [0.05, 0.1) is 13.7 Å². The molecule has 0 fully saturated rings. The molecule has 0 aliphatic rings. The van der Waals surface area contributed by atoms with Crippen molar-refractivity contribution in [2.75, 3.05) is 33.2 Å². The van der Waals surface area contributed by atoms with Crippen LogP contribution in [0.1, 0.15) is 6.42 Å². The van der Waals surface area contributed by atoms with E-state index < -0.39 is 16.1 Å². The van der Waals surface area contributed by atoms with Crippen molar-refractivity contribution in [1.82, 2.24) is 4.72 Å². The van der Waals surface area contributed by atoms with Crippen molar-refractivity contribution in [2.24, 2.45) is 0 Å². The first-order chi connectivity index (χ1) is 9.44. The van der Waals surface area contributed by atoms with Crippen molar-refractivity contribution >= 4 is 15.7 Å². The monoisotopic (exact) mass is 304 g/mol. The number of nitrogens with one attached hydrogen (secondary N) is 1. The lowest BCUT2D eigenvalue weighted by Gasteiger charge is -2.18. The van der Waals surface area contributed by atoms with Crippen molar-refractivity contribution < 1.29 is 23.0 Å². The van der Waals surface area contributed by atoms with Gasteiger partial charge in [-0.3, -0.25) is 0 Å². The Morgan fingerprint density at radius 3 is 2.65 bits per heavy atom. The van der Waals surface area contributed by atoms with Gasteiger partial charge in [0.1, 0.15) is 10.6 Å². The summed E-state index contributed by atoms with van der Waals surface area (Å²) in [7, 11) is -0.977. The largest absolute Gasteiger partial charge is 0.495 e. The number of nitrogen functional groups attached to an aromatic ring is 1. The number of methoxy groups -OCH3 is 2. The Labute approximate surface area is 118 Å². The summed E-state index contributed by atoms with van der Waals surface area (Å²) in [6.45, 7) is 0.00896. The number of sulfonamides is 1. The van der Waals surface area contributed by atoms with Crippen LogP contribution in [0, 0.1) is 0 Å². The summed E-state index contributed by atoms with van der Waals surface area (Å²) in [6, 6.07) is 3.84. The molecule has 0 aliphatic heterocycles. The molecule has 8 heteroatoms. The van der Waals surface area contributed by atoms with Gasteiger partial charge in [-0.25, -0.2) is 13.1 Å². The van der Waals surface area contributed by atoms with E-state index in [-0.39, 0.29) is 30.3 Å². The summed E-state index contributed by atoms with van der Waals surface area (Å²) in [5.74, 6) is 0.201. The number of hydrogen-bond acceptors (Lipinski definition) is 6. The molecule has 0 saturated heterocycles. The molecule has 7 nitrogen and oxygen atoms in total. The molecule has 0 bridgehead atoms. The molecule has 0 amide bonds. The summed E-state index contributed by atoms with van der Waals surface area (Å²) in [4.78, 5) is -0.0426. The minimum atomic E-state index is -3.82. The molecule has 1 rings (SSSR count). The van der Waals surface area contributed by atoms with E-state index in [2.05, 4.69) is 4.72 Å². The van der Waals surface area contributed by atoms with E-state index in [1.165, 1.54) is 26.4 Å². The molecule has 0 aromatic heterocycles. The summed E-state index contributed by atoms with van der Waals surface area (Å²) in [5, 5.41) is 8.94. The summed E-state index contributed by atoms with van der Waals surface area (Å²) in [6.07, 6.45) is 0.248. The zero-order valence-electron chi connectivity index (χ0n) is 11.5. The lowest BCUT2D eigenvalue weighted by molar-refractivity contribution is 0.158. The Kier molecular flexibility index (Phi) is 6.21. The van der Waals surface area contributed by atoms with Crippen LogP contribution in [0.3, 0.4) is 0 Å². The number of hydrogen-bond donors (Lipinski definition) is 3. The van der Waals surface area contributed by atoms with Crippen LogP contribution in [0.4, 0.5) is 5.69 Å². The predicted molar refractivity (Wildman–Crippen MR) is 75.1 cm³/mol. The number of benzene rings is 1. The molecule has 4 N–H and O–H groups in total. The predicted octanol–water partition coefficient (Wildman–Crippen LogP) is -0.0469. The summed E-state index contributed by atoms with van der Waals surface area (Å²) < 4.78 is 37.1. The van der Waals surface area contributed by atoms with Gasteiger partial charge in [-0.2, -0.15) is 0 Å². The van der Waals surface area contributed by atoms with Gasteiger partial charge in [0.25, 0.3) is 0 Å². The highest BCUT2D eigenvalue weighted by Gasteiger charge is 2.23. The standard InChI is InChI=1S/C12H20N2O5S/c1-18-8-10(5-6-15)14-20(16,17)12-7-9(13)3-4-11(12)19-2/h3-4,7,10,14-15H,5-6,8,13H2,1-2H3. The molecule has 0 heterocycles. The third-order valence-corrected chi connectivity index (χ3v) is 4.19. The highest BCUT2D eigenvalue weighted by molar-refractivity contribution is 7.89. The van der Waals surface area contributed by atoms with Crippen LogP contribution < -0.4 is 15.2 Å². The number of aliphatic hydroxyl groups excluding tert-OH is 1. The fraction of sp³-hybridized carbons (Fsp3) is 0.500. The third-order valence-electron chi connectivity index (χ3n) is 2.64. The maximum Gasteiger partial charge on any atom is 0.244 e. The zero-order chi connectivity index (χ0) is 15.2. The number of aliphatic hydroxyl groups is 1. The second-order valence-electron chi connectivity index (χ2n) is 4.20. The van der Waals surface area contributed by atoms with Crippen molar-refractivity contribution in [3.05, 3.63) is 18.2 Å². The van der Waals surface area contributed by atoms with E-state index in [0.29, 0.717) is 5.69 Å². The molecule has 0 aliphatic carbocycles. The minimum absolute atomic E-state index is 0.0426. The topological polar surface area (TPSA) is 111 Å². The van der Waals surface area contributed by atoms with Crippen LogP contribution in [0.25, 0.3) is 0 Å². The molecule has 114 valence electrons. The van der Waals surface area contributed by atoms with Crippen LogP contribution in [-0.4, -0.2) is 47.0 Å². The summed E-state index contributed by atoms with van der Waals surface area (Å²) >= 11 is 0. The highest BCUT2D eigenvalue weighted by Crippen LogP contribution is 2.26. The minimum Gasteiger partial charge on any atom is -0.495 e. The van der Waals surface area contributed by atoms with Crippen LogP contribution in [0.15, 0.2) is 23.1 Å². The molecule has 1 aromatic rings. The van der Waals surface area contributed by atoms with Gasteiger partial charge in [0.15, 0.2) is 0 Å². The van der Waals surface area contributed by atoms with Gasteiger partial charge in [0.2, 0.25) is 10.0 Å². The first kappa shape index (κ1) is 16.7. The number of nitrogens with two attached hydrogens (primary N) is 1. The fourth-order valence-corrected chi connectivity index (χ4v) is 3.18. The highest BCUT2D eigenvalue weighted by atomic mass is 32.2. The Bertz CT molecular complexity index is 527. The zero-order valence-corrected chi connectivity index (χ0v) is 12.3. The first-order valence-corrected chi connectivity index (χ1v) is 7.48. The van der Waals surface area contributed by atoms with Crippen molar-refractivity contribution in [2.45, 2.75) is 17.4 Å². The molecule has 0 saturated carbocycles. The molecule has 1 atom stereocenters. The van der Waals surface area contributed by atoms with E-state index in [1.54, 1.807) is 6.07 Å². The average molecular weight is 304 g/mol. The Morgan fingerprint density at radius 2 is 2.10 bits per heavy atom. The fourth-order valence-electron chi connectivity index (χ4n) is 1.72. The van der Waals surface area contributed by atoms with Crippen LogP contribution in [0.5, 0.6) is 5.75 Å². The van der Waals surface area contributed by atoms with E-state index in [4.69, 9.17) is 20.3 Å². The average Bonchev–Trinajstić information content (AvgIpc) is 2.39. The molecular formula is C12H20N2O5S. The molecule has 1 aromatic carbocycles. The van der Waals surface area contributed by atoms with Gasteiger partial charge in [-0.1, -0.05) is 0 Å². The number of rotatable bonds is 8. The quantitative estimate of drug-likeness (QED) is 0.581. The lowest BCUT2D eigenvalue weighted by atomic mass is 10.2. The van der Waals surface area contributed by atoms with E-state index >= 15 is 0 Å². The number of anilines is 1. The molecule has 0 radical (unpaired) electrons. The number of ether oxygens (including phenoxy) is 2. The third kappa shape index (κ3) is 4.34. The van der Waals surface area contributed by atoms with Crippen LogP contribution in [-0.2, 0) is 14.8 Å².